The second kappa shape index (κ2) is 7.71. The van der Waals surface area contributed by atoms with Crippen LogP contribution in [0.1, 0.15) is 70.7 Å². The summed E-state index contributed by atoms with van der Waals surface area (Å²) < 4.78 is 0. The van der Waals surface area contributed by atoms with Crippen LogP contribution >= 0.6 is 0 Å². The van der Waals surface area contributed by atoms with Crippen molar-refractivity contribution < 1.29 is 0 Å². The SMILES string of the molecule is CC(C)(C)c1cccc(NC(C)(c2ccccc2)c2cccc(C(C)(C)C)c2)c1. The molecule has 0 saturated heterocycles. The summed E-state index contributed by atoms with van der Waals surface area (Å²) in [5.41, 5.74) is 6.25. The average Bonchev–Trinajstić information content (AvgIpc) is 2.67. The Morgan fingerprint density at radius 2 is 0.966 bits per heavy atom. The van der Waals surface area contributed by atoms with Crippen LogP contribution in [-0.4, -0.2) is 0 Å². The predicted octanol–water partition coefficient (Wildman–Crippen LogP) is 7.66. The first-order chi connectivity index (χ1) is 13.5. The molecule has 0 spiro atoms. The van der Waals surface area contributed by atoms with Gasteiger partial charge in [0.25, 0.3) is 0 Å². The normalized spacial score (nSPS) is 14.3. The van der Waals surface area contributed by atoms with Gasteiger partial charge in [0.1, 0.15) is 0 Å². The van der Waals surface area contributed by atoms with Gasteiger partial charge >= 0.3 is 0 Å². The predicted molar refractivity (Wildman–Crippen MR) is 127 cm³/mol. The number of nitrogens with one attached hydrogen (secondary N) is 1. The maximum atomic E-state index is 3.88. The van der Waals surface area contributed by atoms with Crippen molar-refractivity contribution in [1.82, 2.24) is 0 Å². The third-order valence-corrected chi connectivity index (χ3v) is 5.78. The zero-order valence-corrected chi connectivity index (χ0v) is 19.0. The fourth-order valence-corrected chi connectivity index (χ4v) is 3.73. The van der Waals surface area contributed by atoms with E-state index in [9.17, 15) is 0 Å². The molecule has 1 unspecified atom stereocenters. The summed E-state index contributed by atoms with van der Waals surface area (Å²) in [5.74, 6) is 0. The Hall–Kier alpha value is -2.54. The zero-order chi connectivity index (χ0) is 21.3. The van der Waals surface area contributed by atoms with Gasteiger partial charge in [-0.3, -0.25) is 0 Å². The standard InChI is InChI=1S/C28H35N/c1-26(2,3)22-15-11-17-24(19-22)28(7,21-13-9-8-10-14-21)29-25-18-12-16-23(20-25)27(4,5)6/h8-20,29H,1-7H3. The fraction of sp³-hybridized carbons (Fsp3) is 0.357. The summed E-state index contributed by atoms with van der Waals surface area (Å²) in [5, 5.41) is 3.88. The lowest BCUT2D eigenvalue weighted by Crippen LogP contribution is -2.33. The van der Waals surface area contributed by atoms with Crippen LogP contribution in [0.2, 0.25) is 0 Å². The number of benzene rings is 3. The molecule has 0 aliphatic rings. The van der Waals surface area contributed by atoms with Crippen LogP contribution in [-0.2, 0) is 16.4 Å². The van der Waals surface area contributed by atoms with Crippen LogP contribution in [0.5, 0.6) is 0 Å². The molecule has 1 heteroatoms. The molecule has 3 aromatic carbocycles. The number of hydrogen-bond acceptors (Lipinski definition) is 1. The van der Waals surface area contributed by atoms with Gasteiger partial charge in [-0.05, 0) is 52.1 Å². The van der Waals surface area contributed by atoms with E-state index in [2.05, 4.69) is 133 Å². The largest absolute Gasteiger partial charge is 0.372 e. The lowest BCUT2D eigenvalue weighted by atomic mass is 9.79. The van der Waals surface area contributed by atoms with Crippen molar-refractivity contribution >= 4 is 5.69 Å². The first-order valence-electron chi connectivity index (χ1n) is 10.6. The summed E-state index contributed by atoms with van der Waals surface area (Å²) in [6, 6.07) is 28.6. The van der Waals surface area contributed by atoms with E-state index < -0.39 is 0 Å². The molecule has 1 N–H and O–H groups in total. The van der Waals surface area contributed by atoms with Crippen molar-refractivity contribution in [2.45, 2.75) is 64.8 Å². The molecule has 0 aliphatic heterocycles. The highest BCUT2D eigenvalue weighted by Crippen LogP contribution is 2.36. The molecule has 1 nitrogen and oxygen atoms in total. The van der Waals surface area contributed by atoms with E-state index in [0.29, 0.717) is 0 Å². The molecule has 3 rings (SSSR count). The highest BCUT2D eigenvalue weighted by molar-refractivity contribution is 5.55. The van der Waals surface area contributed by atoms with E-state index >= 15 is 0 Å². The van der Waals surface area contributed by atoms with E-state index in [1.807, 2.05) is 0 Å². The Kier molecular flexibility index (Phi) is 5.63. The van der Waals surface area contributed by atoms with Gasteiger partial charge < -0.3 is 5.32 Å². The summed E-state index contributed by atoms with van der Waals surface area (Å²) in [6.45, 7) is 15.9. The molecule has 0 fully saturated rings. The minimum atomic E-state index is -0.334. The molecule has 0 radical (unpaired) electrons. The lowest BCUT2D eigenvalue weighted by molar-refractivity contribution is 0.583. The molecule has 3 aromatic rings. The molecular formula is C28H35N. The highest BCUT2D eigenvalue weighted by atomic mass is 15.0. The Morgan fingerprint density at radius 3 is 1.55 bits per heavy atom. The minimum Gasteiger partial charge on any atom is -0.372 e. The Morgan fingerprint density at radius 1 is 0.483 bits per heavy atom. The van der Waals surface area contributed by atoms with E-state index in [1.165, 1.54) is 22.3 Å². The van der Waals surface area contributed by atoms with Gasteiger partial charge in [0.2, 0.25) is 0 Å². The van der Waals surface area contributed by atoms with Crippen LogP contribution < -0.4 is 5.32 Å². The quantitative estimate of drug-likeness (QED) is 0.486. The molecule has 0 heterocycles. The molecule has 0 aliphatic carbocycles. The third-order valence-electron chi connectivity index (χ3n) is 5.78. The van der Waals surface area contributed by atoms with Crippen LogP contribution in [0, 0.1) is 0 Å². The van der Waals surface area contributed by atoms with Crippen molar-refractivity contribution in [2.24, 2.45) is 0 Å². The topological polar surface area (TPSA) is 12.0 Å². The Balaban J connectivity index is 2.12. The summed E-state index contributed by atoms with van der Waals surface area (Å²) in [4.78, 5) is 0. The van der Waals surface area contributed by atoms with Gasteiger partial charge in [0.05, 0.1) is 5.54 Å². The van der Waals surface area contributed by atoms with E-state index in [-0.39, 0.29) is 16.4 Å². The van der Waals surface area contributed by atoms with Gasteiger partial charge in [0.15, 0.2) is 0 Å². The van der Waals surface area contributed by atoms with E-state index in [1.54, 1.807) is 0 Å². The first-order valence-corrected chi connectivity index (χ1v) is 10.6. The molecule has 0 bridgehead atoms. The van der Waals surface area contributed by atoms with Crippen molar-refractivity contribution in [3.05, 3.63) is 101 Å². The van der Waals surface area contributed by atoms with Crippen molar-refractivity contribution in [1.29, 1.82) is 0 Å². The minimum absolute atomic E-state index is 0.111. The smallest absolute Gasteiger partial charge is 0.0850 e. The zero-order valence-electron chi connectivity index (χ0n) is 19.0. The highest BCUT2D eigenvalue weighted by Gasteiger charge is 2.30. The van der Waals surface area contributed by atoms with Crippen molar-refractivity contribution in [3.8, 4) is 0 Å². The van der Waals surface area contributed by atoms with Crippen LogP contribution in [0.25, 0.3) is 0 Å². The number of anilines is 1. The summed E-state index contributed by atoms with van der Waals surface area (Å²) in [7, 11) is 0. The molecule has 29 heavy (non-hydrogen) atoms. The molecule has 0 amide bonds. The first kappa shape index (κ1) is 21.2. The van der Waals surface area contributed by atoms with Gasteiger partial charge in [-0.15, -0.1) is 0 Å². The van der Waals surface area contributed by atoms with Crippen LogP contribution in [0.3, 0.4) is 0 Å². The summed E-state index contributed by atoms with van der Waals surface area (Å²) in [6.07, 6.45) is 0. The number of rotatable bonds is 4. The van der Waals surface area contributed by atoms with Crippen LogP contribution in [0.15, 0.2) is 78.9 Å². The lowest BCUT2D eigenvalue weighted by Gasteiger charge is -2.35. The molecular weight excluding hydrogens is 350 g/mol. The van der Waals surface area contributed by atoms with Crippen molar-refractivity contribution in [2.75, 3.05) is 5.32 Å². The Bertz CT molecular complexity index is 957. The summed E-state index contributed by atoms with van der Waals surface area (Å²) >= 11 is 0. The second-order valence-corrected chi connectivity index (χ2v) is 10.3. The average molecular weight is 386 g/mol. The van der Waals surface area contributed by atoms with Crippen molar-refractivity contribution in [3.63, 3.8) is 0 Å². The molecule has 1 atom stereocenters. The van der Waals surface area contributed by atoms with Gasteiger partial charge in [0, 0.05) is 5.69 Å². The maximum absolute atomic E-state index is 3.88. The second-order valence-electron chi connectivity index (χ2n) is 10.3. The Labute approximate surface area is 177 Å². The van der Waals surface area contributed by atoms with Gasteiger partial charge in [-0.25, -0.2) is 0 Å². The van der Waals surface area contributed by atoms with E-state index in [0.717, 1.165) is 5.69 Å². The van der Waals surface area contributed by atoms with Gasteiger partial charge in [-0.2, -0.15) is 0 Å². The van der Waals surface area contributed by atoms with E-state index in [4.69, 9.17) is 0 Å². The molecule has 0 saturated carbocycles. The maximum Gasteiger partial charge on any atom is 0.0850 e. The molecule has 152 valence electrons. The number of hydrogen-bond donors (Lipinski definition) is 1. The van der Waals surface area contributed by atoms with Gasteiger partial charge in [-0.1, -0.05) is 108 Å². The monoisotopic (exact) mass is 385 g/mol. The fourth-order valence-electron chi connectivity index (χ4n) is 3.73. The van der Waals surface area contributed by atoms with Crippen LogP contribution in [0.4, 0.5) is 5.69 Å². The third kappa shape index (κ3) is 4.72. The molecule has 0 aromatic heterocycles.